The quantitative estimate of drug-likeness (QED) is 0.189. The summed E-state index contributed by atoms with van der Waals surface area (Å²) in [5.74, 6) is -0.157. The molecule has 3 aromatic carbocycles. The molecule has 5 rings (SSSR count). The number of rotatable bonds is 4. The predicted octanol–water partition coefficient (Wildman–Crippen LogP) is 7.36. The molecule has 4 aromatic rings. The Morgan fingerprint density at radius 3 is 2.53 bits per heavy atom. The summed E-state index contributed by atoms with van der Waals surface area (Å²) in [6, 6.07) is 21.0. The number of benzene rings is 3. The molecule has 0 N–H and O–H groups in total. The van der Waals surface area contributed by atoms with Gasteiger partial charge in [0.1, 0.15) is 5.70 Å². The highest BCUT2D eigenvalue weighted by Crippen LogP contribution is 2.32. The zero-order valence-electron chi connectivity index (χ0n) is 18.0. The molecule has 1 aliphatic heterocycles. The summed E-state index contributed by atoms with van der Waals surface area (Å²) < 4.78 is 3.07. The second-order valence-corrected chi connectivity index (χ2v) is 10.1. The summed E-state index contributed by atoms with van der Waals surface area (Å²) >= 11 is 21.7. The van der Waals surface area contributed by atoms with Gasteiger partial charge in [0.25, 0.3) is 5.91 Å². The van der Waals surface area contributed by atoms with Gasteiger partial charge in [0.15, 0.2) is 5.11 Å². The van der Waals surface area contributed by atoms with Crippen molar-refractivity contribution >= 4 is 85.0 Å². The summed E-state index contributed by atoms with van der Waals surface area (Å²) in [7, 11) is 1.82. The Hall–Kier alpha value is -2.64. The third-order valence-electron chi connectivity index (χ3n) is 5.80. The molecule has 1 fully saturated rings. The van der Waals surface area contributed by atoms with Gasteiger partial charge in [0.05, 0.1) is 5.69 Å². The van der Waals surface area contributed by atoms with Crippen LogP contribution in [0.5, 0.6) is 0 Å². The van der Waals surface area contributed by atoms with E-state index in [0.717, 1.165) is 32.2 Å². The summed E-state index contributed by atoms with van der Waals surface area (Å²) in [6.07, 6.45) is 3.93. The van der Waals surface area contributed by atoms with Crippen LogP contribution in [-0.2, 0) is 11.3 Å². The Labute approximate surface area is 221 Å². The van der Waals surface area contributed by atoms with Crippen molar-refractivity contribution in [1.29, 1.82) is 0 Å². The Bertz CT molecular complexity index is 1480. The fourth-order valence-electron chi connectivity index (χ4n) is 4.08. The molecule has 34 heavy (non-hydrogen) atoms. The molecular weight excluding hydrogens is 553 g/mol. The number of carbonyl (C=O) groups excluding carboxylic acids is 1. The molecule has 0 saturated carbocycles. The topological polar surface area (TPSA) is 28.5 Å². The number of para-hydroxylation sites is 1. The second kappa shape index (κ2) is 9.19. The van der Waals surface area contributed by atoms with Gasteiger partial charge in [-0.3, -0.25) is 9.69 Å². The summed E-state index contributed by atoms with van der Waals surface area (Å²) in [4.78, 5) is 16.7. The zero-order chi connectivity index (χ0) is 24.0. The van der Waals surface area contributed by atoms with Gasteiger partial charge >= 0.3 is 0 Å². The third kappa shape index (κ3) is 4.16. The Kier molecular flexibility index (Phi) is 6.25. The minimum Gasteiger partial charge on any atom is -0.342 e. The van der Waals surface area contributed by atoms with E-state index >= 15 is 0 Å². The van der Waals surface area contributed by atoms with E-state index in [1.807, 2.05) is 73.9 Å². The summed E-state index contributed by atoms with van der Waals surface area (Å²) in [5.41, 5.74) is 4.15. The monoisotopic (exact) mass is 569 g/mol. The number of likely N-dealkylation sites (N-methyl/N-ethyl adjacent to an activating group) is 1. The highest BCUT2D eigenvalue weighted by molar-refractivity contribution is 9.10. The summed E-state index contributed by atoms with van der Waals surface area (Å²) in [5, 5.41) is 2.67. The smallest absolute Gasteiger partial charge is 0.281 e. The molecule has 1 aromatic heterocycles. The van der Waals surface area contributed by atoms with Crippen molar-refractivity contribution in [2.45, 2.75) is 6.54 Å². The highest BCUT2D eigenvalue weighted by Gasteiger charge is 2.36. The standard InChI is InChI=1S/C26H18BrCl2N3OS/c1-30-24(25(33)32(26(30)34)20-5-3-2-4-6-20)11-17-15-31(23-10-8-18(27)12-21(17)23)14-16-7-9-19(28)13-22(16)29/h2-13,15H,14H2,1H3/b24-11-. The number of amides is 1. The van der Waals surface area contributed by atoms with E-state index in [1.165, 1.54) is 0 Å². The molecule has 8 heteroatoms. The Morgan fingerprint density at radius 1 is 1.03 bits per heavy atom. The predicted molar refractivity (Wildman–Crippen MR) is 147 cm³/mol. The van der Waals surface area contributed by atoms with Crippen molar-refractivity contribution in [2.75, 3.05) is 11.9 Å². The van der Waals surface area contributed by atoms with Crippen LogP contribution in [0.15, 0.2) is 83.1 Å². The molecule has 0 radical (unpaired) electrons. The lowest BCUT2D eigenvalue weighted by Crippen LogP contribution is -2.30. The summed E-state index contributed by atoms with van der Waals surface area (Å²) in [6.45, 7) is 0.565. The van der Waals surface area contributed by atoms with Crippen molar-refractivity contribution < 1.29 is 4.79 Å². The van der Waals surface area contributed by atoms with Crippen molar-refractivity contribution in [3.63, 3.8) is 0 Å². The number of anilines is 1. The van der Waals surface area contributed by atoms with E-state index in [1.54, 1.807) is 15.9 Å². The van der Waals surface area contributed by atoms with Gasteiger partial charge < -0.3 is 9.47 Å². The van der Waals surface area contributed by atoms with Crippen LogP contribution in [-0.4, -0.2) is 27.5 Å². The first-order valence-electron chi connectivity index (χ1n) is 10.4. The van der Waals surface area contributed by atoms with Crippen molar-refractivity contribution in [3.8, 4) is 0 Å². The molecule has 0 spiro atoms. The number of hydrogen-bond donors (Lipinski definition) is 0. The van der Waals surface area contributed by atoms with E-state index in [4.69, 9.17) is 35.4 Å². The fourth-order valence-corrected chi connectivity index (χ4v) is 5.20. The molecule has 4 nitrogen and oxygen atoms in total. The minimum atomic E-state index is -0.157. The zero-order valence-corrected chi connectivity index (χ0v) is 21.9. The van der Waals surface area contributed by atoms with Crippen LogP contribution in [0.2, 0.25) is 10.0 Å². The van der Waals surface area contributed by atoms with Gasteiger partial charge in [-0.05, 0) is 66.3 Å². The largest absolute Gasteiger partial charge is 0.342 e. The maximum atomic E-state index is 13.4. The van der Waals surface area contributed by atoms with E-state index < -0.39 is 0 Å². The molecule has 1 saturated heterocycles. The van der Waals surface area contributed by atoms with Crippen LogP contribution in [0, 0.1) is 0 Å². The van der Waals surface area contributed by atoms with E-state index in [-0.39, 0.29) is 5.91 Å². The van der Waals surface area contributed by atoms with Gasteiger partial charge in [0.2, 0.25) is 0 Å². The molecule has 0 unspecified atom stereocenters. The highest BCUT2D eigenvalue weighted by atomic mass is 79.9. The Balaban J connectivity index is 1.59. The van der Waals surface area contributed by atoms with Gasteiger partial charge in [-0.1, -0.05) is 63.4 Å². The van der Waals surface area contributed by atoms with Crippen LogP contribution >= 0.6 is 51.3 Å². The number of fused-ring (bicyclic) bond motifs is 1. The first-order valence-corrected chi connectivity index (χ1v) is 12.4. The van der Waals surface area contributed by atoms with Crippen molar-refractivity contribution in [1.82, 2.24) is 9.47 Å². The van der Waals surface area contributed by atoms with Gasteiger partial charge in [0, 0.05) is 50.8 Å². The Morgan fingerprint density at radius 2 is 1.79 bits per heavy atom. The SMILES string of the molecule is CN1C(=S)N(c2ccccc2)C(=O)/C1=C/c1cn(Cc2ccc(Cl)cc2Cl)c2ccc(Br)cc12. The lowest BCUT2D eigenvalue weighted by atomic mass is 10.1. The first kappa shape index (κ1) is 23.1. The minimum absolute atomic E-state index is 0.157. The lowest BCUT2D eigenvalue weighted by molar-refractivity contribution is -0.114. The number of thiocarbonyl (C=S) groups is 1. The maximum absolute atomic E-state index is 13.4. The molecule has 0 atom stereocenters. The van der Waals surface area contributed by atoms with Crippen molar-refractivity contribution in [3.05, 3.63) is 104 Å². The van der Waals surface area contributed by atoms with E-state index in [2.05, 4.69) is 26.6 Å². The van der Waals surface area contributed by atoms with Crippen LogP contribution in [0.1, 0.15) is 11.1 Å². The van der Waals surface area contributed by atoms with Gasteiger partial charge in [-0.2, -0.15) is 0 Å². The number of hydrogen-bond acceptors (Lipinski definition) is 2. The second-order valence-electron chi connectivity index (χ2n) is 7.96. The average Bonchev–Trinajstić information content (AvgIpc) is 3.25. The van der Waals surface area contributed by atoms with Crippen LogP contribution in [0.4, 0.5) is 5.69 Å². The van der Waals surface area contributed by atoms with Crippen LogP contribution in [0.3, 0.4) is 0 Å². The molecule has 0 aliphatic carbocycles. The molecule has 1 amide bonds. The number of aromatic nitrogens is 1. The molecular formula is C26H18BrCl2N3OS. The first-order chi connectivity index (χ1) is 16.3. The number of halogens is 3. The lowest BCUT2D eigenvalue weighted by Gasteiger charge is -2.16. The molecule has 1 aliphatic rings. The fraction of sp³-hybridized carbons (Fsp3) is 0.0769. The van der Waals surface area contributed by atoms with E-state index in [9.17, 15) is 4.79 Å². The molecule has 2 heterocycles. The number of carbonyl (C=O) groups is 1. The normalized spacial score (nSPS) is 15.2. The van der Waals surface area contributed by atoms with E-state index in [0.29, 0.717) is 27.4 Å². The molecule has 170 valence electrons. The van der Waals surface area contributed by atoms with Crippen molar-refractivity contribution in [2.24, 2.45) is 0 Å². The van der Waals surface area contributed by atoms with Crippen LogP contribution in [0.25, 0.3) is 17.0 Å². The van der Waals surface area contributed by atoms with Crippen LogP contribution < -0.4 is 4.90 Å². The average molecular weight is 571 g/mol. The third-order valence-corrected chi connectivity index (χ3v) is 7.33. The number of nitrogens with zero attached hydrogens (tertiary/aromatic N) is 3. The maximum Gasteiger partial charge on any atom is 0.281 e. The molecule has 0 bridgehead atoms. The van der Waals surface area contributed by atoms with Gasteiger partial charge in [-0.15, -0.1) is 0 Å². The van der Waals surface area contributed by atoms with Gasteiger partial charge in [-0.25, -0.2) is 0 Å².